The highest BCUT2D eigenvalue weighted by molar-refractivity contribution is 6.13. The SMILES string of the molecule is COc1ccc2oc(C(=O)Nc3ccc(C)cn3)c(NC(=O)C3CCC(N4CCOCC4=O)CC3)c2n1. The smallest absolute Gasteiger partial charge is 0.294 e. The highest BCUT2D eigenvalue weighted by Gasteiger charge is 2.34. The van der Waals surface area contributed by atoms with Crippen LogP contribution in [-0.2, 0) is 14.3 Å². The molecule has 3 aromatic heterocycles. The van der Waals surface area contributed by atoms with Gasteiger partial charge in [-0.05, 0) is 50.3 Å². The standard InChI is InChI=1S/C26H29N5O6/c1-15-3-9-19(27-13-15)28-26(34)24-23(22-18(37-24)8-10-20(29-22)35-2)30-25(33)16-4-6-17(7-5-16)31-11-12-36-14-21(31)32/h3,8-10,13,16-17H,4-7,11-12,14H2,1-2H3,(H,30,33)(H,27,28,34). The van der Waals surface area contributed by atoms with Gasteiger partial charge in [0, 0.05) is 30.8 Å². The van der Waals surface area contributed by atoms with Crippen LogP contribution in [0.1, 0.15) is 41.8 Å². The summed E-state index contributed by atoms with van der Waals surface area (Å²) in [6.45, 7) is 3.15. The first kappa shape index (κ1) is 24.7. The molecule has 2 fully saturated rings. The van der Waals surface area contributed by atoms with Crippen LogP contribution in [0.25, 0.3) is 11.1 Å². The molecule has 0 bridgehead atoms. The van der Waals surface area contributed by atoms with Crippen molar-refractivity contribution in [1.82, 2.24) is 14.9 Å². The average molecular weight is 508 g/mol. The fraction of sp³-hybridized carbons (Fsp3) is 0.423. The van der Waals surface area contributed by atoms with Crippen molar-refractivity contribution in [2.45, 2.75) is 38.6 Å². The Hall–Kier alpha value is -3.99. The minimum atomic E-state index is -0.557. The van der Waals surface area contributed by atoms with Crippen molar-refractivity contribution in [3.8, 4) is 5.88 Å². The van der Waals surface area contributed by atoms with Gasteiger partial charge >= 0.3 is 0 Å². The van der Waals surface area contributed by atoms with Crippen LogP contribution in [-0.4, -0.2) is 65.5 Å². The van der Waals surface area contributed by atoms with Gasteiger partial charge in [0.2, 0.25) is 23.5 Å². The number of aromatic nitrogens is 2. The molecule has 11 nitrogen and oxygen atoms in total. The maximum atomic E-state index is 13.3. The molecule has 1 saturated heterocycles. The molecule has 0 unspecified atom stereocenters. The van der Waals surface area contributed by atoms with Gasteiger partial charge < -0.3 is 29.4 Å². The van der Waals surface area contributed by atoms with Gasteiger partial charge in [-0.15, -0.1) is 0 Å². The molecule has 5 rings (SSSR count). The van der Waals surface area contributed by atoms with E-state index in [9.17, 15) is 14.4 Å². The molecule has 0 spiro atoms. The number of hydrogen-bond acceptors (Lipinski definition) is 8. The number of amides is 3. The van der Waals surface area contributed by atoms with Crippen molar-refractivity contribution in [3.63, 3.8) is 0 Å². The number of carbonyl (C=O) groups excluding carboxylic acids is 3. The summed E-state index contributed by atoms with van der Waals surface area (Å²) in [6, 6.07) is 6.89. The molecule has 1 saturated carbocycles. The Morgan fingerprint density at radius 3 is 2.62 bits per heavy atom. The van der Waals surface area contributed by atoms with Crippen LogP contribution in [0.15, 0.2) is 34.9 Å². The van der Waals surface area contributed by atoms with Crippen molar-refractivity contribution < 1.29 is 28.3 Å². The van der Waals surface area contributed by atoms with Crippen LogP contribution in [0.2, 0.25) is 0 Å². The van der Waals surface area contributed by atoms with Crippen molar-refractivity contribution in [1.29, 1.82) is 0 Å². The number of methoxy groups -OCH3 is 1. The van der Waals surface area contributed by atoms with Crippen LogP contribution in [0, 0.1) is 12.8 Å². The highest BCUT2D eigenvalue weighted by atomic mass is 16.5. The summed E-state index contributed by atoms with van der Waals surface area (Å²) in [5.41, 5.74) is 1.81. The van der Waals surface area contributed by atoms with Crippen LogP contribution in [0.3, 0.4) is 0 Å². The quantitative estimate of drug-likeness (QED) is 0.519. The van der Waals surface area contributed by atoms with Gasteiger partial charge in [0.05, 0.1) is 13.7 Å². The first-order valence-corrected chi connectivity index (χ1v) is 12.3. The summed E-state index contributed by atoms with van der Waals surface area (Å²) >= 11 is 0. The lowest BCUT2D eigenvalue weighted by atomic mass is 9.84. The fourth-order valence-corrected chi connectivity index (χ4v) is 4.85. The Morgan fingerprint density at radius 1 is 1.11 bits per heavy atom. The molecule has 2 N–H and O–H groups in total. The minimum Gasteiger partial charge on any atom is -0.481 e. The third-order valence-corrected chi connectivity index (χ3v) is 6.86. The second-order valence-electron chi connectivity index (χ2n) is 9.32. The van der Waals surface area contributed by atoms with Gasteiger partial charge in [0.25, 0.3) is 5.91 Å². The van der Waals surface area contributed by atoms with E-state index < -0.39 is 5.91 Å². The number of pyridine rings is 2. The van der Waals surface area contributed by atoms with E-state index in [1.807, 2.05) is 17.9 Å². The van der Waals surface area contributed by atoms with E-state index in [2.05, 4.69) is 20.6 Å². The molecule has 11 heteroatoms. The van der Waals surface area contributed by atoms with Gasteiger partial charge in [0.1, 0.15) is 23.6 Å². The van der Waals surface area contributed by atoms with E-state index in [0.29, 0.717) is 48.8 Å². The Bertz CT molecular complexity index is 1310. The molecule has 4 heterocycles. The number of nitrogens with one attached hydrogen (secondary N) is 2. The molecule has 37 heavy (non-hydrogen) atoms. The summed E-state index contributed by atoms with van der Waals surface area (Å²) in [5.74, 6) is -0.430. The summed E-state index contributed by atoms with van der Waals surface area (Å²) < 4.78 is 16.3. The summed E-state index contributed by atoms with van der Waals surface area (Å²) in [4.78, 5) is 49.2. The van der Waals surface area contributed by atoms with Gasteiger partial charge in [0.15, 0.2) is 5.58 Å². The van der Waals surface area contributed by atoms with E-state index in [1.54, 1.807) is 24.4 Å². The average Bonchev–Trinajstić information content (AvgIpc) is 3.28. The second-order valence-corrected chi connectivity index (χ2v) is 9.32. The Kier molecular flexibility index (Phi) is 7.04. The van der Waals surface area contributed by atoms with Crippen LogP contribution >= 0.6 is 0 Å². The van der Waals surface area contributed by atoms with Crippen molar-refractivity contribution in [3.05, 3.63) is 41.8 Å². The Balaban J connectivity index is 1.34. The monoisotopic (exact) mass is 507 g/mol. The third-order valence-electron chi connectivity index (χ3n) is 6.86. The van der Waals surface area contributed by atoms with Crippen molar-refractivity contribution in [2.75, 3.05) is 37.5 Å². The predicted octanol–water partition coefficient (Wildman–Crippen LogP) is 3.15. The largest absolute Gasteiger partial charge is 0.481 e. The van der Waals surface area contributed by atoms with Gasteiger partial charge in [-0.1, -0.05) is 6.07 Å². The highest BCUT2D eigenvalue weighted by Crippen LogP contribution is 2.34. The molecular formula is C26H29N5O6. The number of nitrogens with zero attached hydrogens (tertiary/aromatic N) is 3. The molecule has 0 aromatic carbocycles. The van der Waals surface area contributed by atoms with Gasteiger partial charge in [-0.3, -0.25) is 14.4 Å². The molecule has 3 aromatic rings. The van der Waals surface area contributed by atoms with Crippen molar-refractivity contribution >= 4 is 40.3 Å². The molecule has 2 aliphatic rings. The van der Waals surface area contributed by atoms with E-state index in [-0.39, 0.29) is 41.8 Å². The lowest BCUT2D eigenvalue weighted by molar-refractivity contribution is -0.146. The van der Waals surface area contributed by atoms with Crippen molar-refractivity contribution in [2.24, 2.45) is 5.92 Å². The summed E-state index contributed by atoms with van der Waals surface area (Å²) in [7, 11) is 1.49. The zero-order chi connectivity index (χ0) is 25.9. The van der Waals surface area contributed by atoms with Crippen LogP contribution in [0.5, 0.6) is 5.88 Å². The third kappa shape index (κ3) is 5.26. The first-order valence-electron chi connectivity index (χ1n) is 12.3. The molecule has 3 amide bonds. The minimum absolute atomic E-state index is 0.00256. The normalized spacial score (nSPS) is 20.1. The van der Waals surface area contributed by atoms with E-state index in [0.717, 1.165) is 18.4 Å². The van der Waals surface area contributed by atoms with Gasteiger partial charge in [-0.25, -0.2) is 9.97 Å². The predicted molar refractivity (Wildman–Crippen MR) is 134 cm³/mol. The molecule has 0 radical (unpaired) electrons. The maximum Gasteiger partial charge on any atom is 0.294 e. The number of anilines is 2. The molecule has 194 valence electrons. The first-order chi connectivity index (χ1) is 17.9. The number of aryl methyl sites for hydroxylation is 1. The van der Waals surface area contributed by atoms with Crippen LogP contribution < -0.4 is 15.4 Å². The molecule has 0 atom stereocenters. The number of rotatable bonds is 6. The Morgan fingerprint density at radius 2 is 1.92 bits per heavy atom. The molecule has 1 aliphatic carbocycles. The fourth-order valence-electron chi connectivity index (χ4n) is 4.85. The lowest BCUT2D eigenvalue weighted by Gasteiger charge is -2.38. The number of fused-ring (bicyclic) bond motifs is 1. The zero-order valence-electron chi connectivity index (χ0n) is 20.8. The summed E-state index contributed by atoms with van der Waals surface area (Å²) in [6.07, 6.45) is 4.36. The maximum absolute atomic E-state index is 13.3. The molecular weight excluding hydrogens is 478 g/mol. The summed E-state index contributed by atoms with van der Waals surface area (Å²) in [5, 5.41) is 5.61. The number of morpholine rings is 1. The number of furan rings is 1. The van der Waals surface area contributed by atoms with E-state index in [4.69, 9.17) is 13.9 Å². The Labute approximate surface area is 213 Å². The molecule has 1 aliphatic heterocycles. The van der Waals surface area contributed by atoms with E-state index in [1.165, 1.54) is 7.11 Å². The van der Waals surface area contributed by atoms with Crippen LogP contribution in [0.4, 0.5) is 11.5 Å². The van der Waals surface area contributed by atoms with E-state index >= 15 is 0 Å². The zero-order valence-corrected chi connectivity index (χ0v) is 20.8. The number of hydrogen-bond donors (Lipinski definition) is 2. The number of ether oxygens (including phenoxy) is 2. The van der Waals surface area contributed by atoms with Gasteiger partial charge in [-0.2, -0.15) is 0 Å². The lowest BCUT2D eigenvalue weighted by Crippen LogP contribution is -2.49. The number of carbonyl (C=O) groups is 3. The topological polar surface area (TPSA) is 136 Å². The second kappa shape index (κ2) is 10.6.